The molecule has 4 nitrogen and oxygen atoms in total. The lowest BCUT2D eigenvalue weighted by atomic mass is 10.2. The number of carbonyl (C=O) groups excluding carboxylic acids is 1. The normalized spacial score (nSPS) is 10.5. The first kappa shape index (κ1) is 14.5. The fourth-order valence-corrected chi connectivity index (χ4v) is 2.47. The molecule has 110 valence electrons. The molecule has 0 amide bonds. The molecule has 22 heavy (non-hydrogen) atoms. The van der Waals surface area contributed by atoms with Crippen molar-refractivity contribution in [3.8, 4) is 11.6 Å². The predicted octanol–water partition coefficient (Wildman–Crippen LogP) is 4.16. The van der Waals surface area contributed by atoms with Gasteiger partial charge in [0, 0.05) is 10.5 Å². The minimum Gasteiger partial charge on any atom is -0.404 e. The van der Waals surface area contributed by atoms with Crippen molar-refractivity contribution in [3.63, 3.8) is 0 Å². The largest absolute Gasteiger partial charge is 0.404 e. The van der Waals surface area contributed by atoms with E-state index >= 15 is 0 Å². The molecular weight excluding hydrogens is 344 g/mol. The highest BCUT2D eigenvalue weighted by atomic mass is 79.9. The van der Waals surface area contributed by atoms with Crippen LogP contribution >= 0.6 is 15.9 Å². The lowest BCUT2D eigenvalue weighted by Crippen LogP contribution is -2.11. The number of para-hydroxylation sites is 1. The van der Waals surface area contributed by atoms with E-state index in [1.54, 1.807) is 28.9 Å². The van der Waals surface area contributed by atoms with Crippen molar-refractivity contribution >= 4 is 21.9 Å². The first-order valence-corrected chi connectivity index (χ1v) is 7.52. The van der Waals surface area contributed by atoms with Gasteiger partial charge in [-0.05, 0) is 37.3 Å². The molecule has 2 aromatic carbocycles. The third-order valence-corrected chi connectivity index (χ3v) is 3.55. The number of benzene rings is 2. The zero-order valence-electron chi connectivity index (χ0n) is 11.9. The SMILES string of the molecule is Cc1cc(OC(=O)c2cccc(Br)c2)n(-c2ccccc2)n1. The van der Waals surface area contributed by atoms with Crippen molar-refractivity contribution in [2.75, 3.05) is 0 Å². The minimum absolute atomic E-state index is 0.397. The smallest absolute Gasteiger partial charge is 0.344 e. The van der Waals surface area contributed by atoms with Crippen molar-refractivity contribution in [2.45, 2.75) is 6.92 Å². The van der Waals surface area contributed by atoms with Gasteiger partial charge < -0.3 is 4.74 Å². The molecule has 1 aromatic heterocycles. The third kappa shape index (κ3) is 3.09. The molecule has 0 aliphatic carbocycles. The standard InChI is InChI=1S/C17H13BrN2O2/c1-12-10-16(20(19-12)15-8-3-2-4-9-15)22-17(21)13-6-5-7-14(18)11-13/h2-11H,1H3. The summed E-state index contributed by atoms with van der Waals surface area (Å²) in [4.78, 5) is 12.3. The van der Waals surface area contributed by atoms with E-state index in [-0.39, 0.29) is 0 Å². The highest BCUT2D eigenvalue weighted by molar-refractivity contribution is 9.10. The summed E-state index contributed by atoms with van der Waals surface area (Å²) in [7, 11) is 0. The Hall–Kier alpha value is -2.40. The third-order valence-electron chi connectivity index (χ3n) is 3.06. The number of carbonyl (C=O) groups is 1. The van der Waals surface area contributed by atoms with Crippen molar-refractivity contribution in [1.82, 2.24) is 9.78 Å². The number of ether oxygens (including phenoxy) is 1. The zero-order valence-corrected chi connectivity index (χ0v) is 13.4. The molecule has 0 aliphatic heterocycles. The summed E-state index contributed by atoms with van der Waals surface area (Å²) in [6.45, 7) is 1.86. The summed E-state index contributed by atoms with van der Waals surface area (Å²) in [5.41, 5.74) is 2.10. The van der Waals surface area contributed by atoms with Gasteiger partial charge >= 0.3 is 5.97 Å². The Labute approximate surface area is 136 Å². The second-order valence-electron chi connectivity index (χ2n) is 4.77. The van der Waals surface area contributed by atoms with Gasteiger partial charge in [0.1, 0.15) is 0 Å². The summed E-state index contributed by atoms with van der Waals surface area (Å²) < 4.78 is 7.95. The van der Waals surface area contributed by atoms with Crippen molar-refractivity contribution in [1.29, 1.82) is 0 Å². The number of aryl methyl sites for hydroxylation is 1. The summed E-state index contributed by atoms with van der Waals surface area (Å²) in [5, 5.41) is 4.38. The van der Waals surface area contributed by atoms with E-state index in [2.05, 4.69) is 21.0 Å². The van der Waals surface area contributed by atoms with Crippen molar-refractivity contribution in [3.05, 3.63) is 76.4 Å². The molecule has 3 aromatic rings. The van der Waals surface area contributed by atoms with Crippen molar-refractivity contribution in [2.24, 2.45) is 0 Å². The molecule has 0 saturated carbocycles. The topological polar surface area (TPSA) is 44.1 Å². The van der Waals surface area contributed by atoms with Gasteiger partial charge in [0.25, 0.3) is 0 Å². The van der Waals surface area contributed by atoms with E-state index in [0.29, 0.717) is 11.4 Å². The Morgan fingerprint density at radius 2 is 1.86 bits per heavy atom. The second-order valence-corrected chi connectivity index (χ2v) is 5.69. The van der Waals surface area contributed by atoms with E-state index in [0.717, 1.165) is 15.9 Å². The Morgan fingerprint density at radius 1 is 1.09 bits per heavy atom. The quantitative estimate of drug-likeness (QED) is 0.661. The molecule has 0 fully saturated rings. The zero-order chi connectivity index (χ0) is 15.5. The van der Waals surface area contributed by atoms with Crippen LogP contribution in [-0.4, -0.2) is 15.7 Å². The van der Waals surface area contributed by atoms with E-state index in [1.165, 1.54) is 0 Å². The number of hydrogen-bond donors (Lipinski definition) is 0. The van der Waals surface area contributed by atoms with Crippen LogP contribution in [0.2, 0.25) is 0 Å². The van der Waals surface area contributed by atoms with Gasteiger partial charge in [-0.25, -0.2) is 9.48 Å². The molecule has 0 aliphatic rings. The van der Waals surface area contributed by atoms with Gasteiger partial charge in [-0.3, -0.25) is 0 Å². The maximum Gasteiger partial charge on any atom is 0.344 e. The molecular formula is C17H13BrN2O2. The van der Waals surface area contributed by atoms with Gasteiger partial charge in [0.15, 0.2) is 0 Å². The van der Waals surface area contributed by atoms with Gasteiger partial charge in [-0.15, -0.1) is 0 Å². The van der Waals surface area contributed by atoms with Crippen LogP contribution < -0.4 is 4.74 Å². The Morgan fingerprint density at radius 3 is 2.59 bits per heavy atom. The Balaban J connectivity index is 1.92. The van der Waals surface area contributed by atoms with Crippen LogP contribution in [0.4, 0.5) is 0 Å². The maximum absolute atomic E-state index is 12.3. The van der Waals surface area contributed by atoms with Crippen LogP contribution in [0.3, 0.4) is 0 Å². The van der Waals surface area contributed by atoms with Crippen LogP contribution in [0.15, 0.2) is 65.1 Å². The first-order valence-electron chi connectivity index (χ1n) is 6.73. The van der Waals surface area contributed by atoms with Gasteiger partial charge in [0.05, 0.1) is 16.9 Å². The fraction of sp³-hybridized carbons (Fsp3) is 0.0588. The number of hydrogen-bond acceptors (Lipinski definition) is 3. The fourth-order valence-electron chi connectivity index (χ4n) is 2.07. The number of esters is 1. The highest BCUT2D eigenvalue weighted by Crippen LogP contribution is 2.21. The predicted molar refractivity (Wildman–Crippen MR) is 87.4 cm³/mol. The van der Waals surface area contributed by atoms with Crippen molar-refractivity contribution < 1.29 is 9.53 Å². The number of halogens is 1. The van der Waals surface area contributed by atoms with E-state index < -0.39 is 5.97 Å². The Bertz CT molecular complexity index is 813. The molecule has 0 spiro atoms. The van der Waals surface area contributed by atoms with E-state index in [9.17, 15) is 4.79 Å². The van der Waals surface area contributed by atoms with Gasteiger partial charge in [-0.1, -0.05) is 40.2 Å². The Kier molecular flexibility index (Phi) is 4.06. The molecule has 0 atom stereocenters. The van der Waals surface area contributed by atoms with Gasteiger partial charge in [-0.2, -0.15) is 5.10 Å². The lowest BCUT2D eigenvalue weighted by molar-refractivity contribution is 0.0723. The molecule has 5 heteroatoms. The second kappa shape index (κ2) is 6.15. The minimum atomic E-state index is -0.418. The molecule has 0 unspecified atom stereocenters. The number of nitrogens with zero attached hydrogens (tertiary/aromatic N) is 2. The first-order chi connectivity index (χ1) is 10.6. The number of rotatable bonds is 3. The van der Waals surface area contributed by atoms with Gasteiger partial charge in [0.2, 0.25) is 5.88 Å². The summed E-state index contributed by atoms with van der Waals surface area (Å²) >= 11 is 3.35. The molecule has 0 saturated heterocycles. The summed E-state index contributed by atoms with van der Waals surface area (Å²) in [5.74, 6) is -0.0212. The van der Waals surface area contributed by atoms with E-state index in [1.807, 2.05) is 43.3 Å². The average molecular weight is 357 g/mol. The van der Waals surface area contributed by atoms with Crippen LogP contribution in [-0.2, 0) is 0 Å². The van der Waals surface area contributed by atoms with Crippen LogP contribution in [0.1, 0.15) is 16.1 Å². The van der Waals surface area contributed by atoms with Crippen LogP contribution in [0, 0.1) is 6.92 Å². The average Bonchev–Trinajstić information content (AvgIpc) is 2.88. The summed E-state index contributed by atoms with van der Waals surface area (Å²) in [6, 6.07) is 18.4. The molecule has 3 rings (SSSR count). The molecule has 0 radical (unpaired) electrons. The molecule has 1 heterocycles. The molecule has 0 bridgehead atoms. The lowest BCUT2D eigenvalue weighted by Gasteiger charge is -2.08. The highest BCUT2D eigenvalue weighted by Gasteiger charge is 2.14. The van der Waals surface area contributed by atoms with Crippen LogP contribution in [0.25, 0.3) is 5.69 Å². The number of aromatic nitrogens is 2. The molecule has 0 N–H and O–H groups in total. The van der Waals surface area contributed by atoms with E-state index in [4.69, 9.17) is 4.74 Å². The monoisotopic (exact) mass is 356 g/mol. The maximum atomic E-state index is 12.3. The van der Waals surface area contributed by atoms with Crippen LogP contribution in [0.5, 0.6) is 5.88 Å². The summed E-state index contributed by atoms with van der Waals surface area (Å²) in [6.07, 6.45) is 0.